The van der Waals surface area contributed by atoms with E-state index in [-0.39, 0.29) is 5.91 Å². The Balaban J connectivity index is 1.72. The van der Waals surface area contributed by atoms with Gasteiger partial charge in [0.2, 0.25) is 0 Å². The van der Waals surface area contributed by atoms with Crippen molar-refractivity contribution >= 4 is 22.3 Å². The second kappa shape index (κ2) is 6.90. The third-order valence-corrected chi connectivity index (χ3v) is 6.51. The highest BCUT2D eigenvalue weighted by Gasteiger charge is 2.31. The number of carbonyl (C=O) groups excluding carboxylic acids is 1. The summed E-state index contributed by atoms with van der Waals surface area (Å²) in [6.45, 7) is 2.05. The van der Waals surface area contributed by atoms with E-state index in [0.717, 1.165) is 18.5 Å². The number of hydrogen-bond acceptors (Lipinski definition) is 3. The maximum atomic E-state index is 12.7. The van der Waals surface area contributed by atoms with Crippen molar-refractivity contribution in [3.63, 3.8) is 0 Å². The van der Waals surface area contributed by atoms with Crippen LogP contribution in [0.5, 0.6) is 0 Å². The van der Waals surface area contributed by atoms with Crippen molar-refractivity contribution in [1.29, 1.82) is 0 Å². The molecule has 4 nitrogen and oxygen atoms in total. The quantitative estimate of drug-likeness (QED) is 0.414. The van der Waals surface area contributed by atoms with E-state index >= 15 is 0 Å². The van der Waals surface area contributed by atoms with E-state index in [1.165, 1.54) is 45.5 Å². The van der Waals surface area contributed by atoms with Crippen LogP contribution >= 0.6 is 0 Å². The van der Waals surface area contributed by atoms with E-state index in [0.29, 0.717) is 25.9 Å². The minimum atomic E-state index is -0.712. The van der Waals surface area contributed by atoms with Crippen LogP contribution in [0.15, 0.2) is 60.3 Å². The molecule has 3 aromatic rings. The summed E-state index contributed by atoms with van der Waals surface area (Å²) in [7, 11) is 0. The molecule has 0 bridgehead atoms. The molecule has 5 rings (SSSR count). The number of benzene rings is 2. The average molecular weight is 384 g/mol. The molecule has 1 fully saturated rings. The molecule has 0 atom stereocenters. The SMILES string of the molecule is CC(=O)[N+]1([O-])CCC(=C2c3cc4ccccc4cc3CCc3cccnc32)CC1. The minimum absolute atomic E-state index is 0.292. The Bertz CT molecular complexity index is 1150. The molecule has 0 saturated carbocycles. The van der Waals surface area contributed by atoms with Gasteiger partial charge in [0.1, 0.15) is 0 Å². The Morgan fingerprint density at radius 3 is 2.34 bits per heavy atom. The highest BCUT2D eigenvalue weighted by Crippen LogP contribution is 2.40. The van der Waals surface area contributed by atoms with Crippen LogP contribution in [0.2, 0.25) is 0 Å². The van der Waals surface area contributed by atoms with Gasteiger partial charge < -0.3 is 5.21 Å². The fraction of sp³-hybridized carbons (Fsp3) is 0.280. The Kier molecular flexibility index (Phi) is 4.34. The molecule has 1 saturated heterocycles. The summed E-state index contributed by atoms with van der Waals surface area (Å²) < 4.78 is -0.712. The fourth-order valence-corrected chi connectivity index (χ4v) is 4.78. The van der Waals surface area contributed by atoms with Crippen molar-refractivity contribution < 1.29 is 9.44 Å². The second-order valence-electron chi connectivity index (χ2n) is 8.20. The standard InChI is InChI=1S/C25H24N2O2/c1-17(28)27(29)13-10-18(11-14-27)24-23-16-21-6-3-2-5-20(21)15-22(23)9-8-19-7-4-12-26-25(19)24/h2-7,12,15-16H,8-11,13-14H2,1H3. The van der Waals surface area contributed by atoms with Gasteiger partial charge in [0.05, 0.1) is 25.7 Å². The predicted octanol–water partition coefficient (Wildman–Crippen LogP) is 4.79. The monoisotopic (exact) mass is 384 g/mol. The highest BCUT2D eigenvalue weighted by atomic mass is 16.6. The molecule has 1 aliphatic carbocycles. The highest BCUT2D eigenvalue weighted by molar-refractivity contribution is 5.92. The number of pyridine rings is 1. The Hall–Kier alpha value is -2.82. The maximum absolute atomic E-state index is 12.7. The number of aryl methyl sites for hydroxylation is 2. The van der Waals surface area contributed by atoms with Crippen LogP contribution in [-0.2, 0) is 17.6 Å². The number of hydrogen-bond donors (Lipinski definition) is 0. The van der Waals surface area contributed by atoms with E-state index in [9.17, 15) is 10.0 Å². The summed E-state index contributed by atoms with van der Waals surface area (Å²) >= 11 is 0. The van der Waals surface area contributed by atoms with Gasteiger partial charge in [0, 0.05) is 24.6 Å². The zero-order chi connectivity index (χ0) is 20.0. The normalized spacial score (nSPS) is 21.4. The van der Waals surface area contributed by atoms with Gasteiger partial charge >= 0.3 is 5.91 Å². The van der Waals surface area contributed by atoms with Crippen LogP contribution < -0.4 is 0 Å². The molecule has 1 aliphatic heterocycles. The summed E-state index contributed by atoms with van der Waals surface area (Å²) in [5, 5.41) is 15.2. The van der Waals surface area contributed by atoms with Crippen LogP contribution in [0.3, 0.4) is 0 Å². The second-order valence-corrected chi connectivity index (χ2v) is 8.20. The number of rotatable bonds is 0. The number of piperidine rings is 1. The van der Waals surface area contributed by atoms with E-state index in [1.807, 2.05) is 12.3 Å². The smallest absolute Gasteiger partial charge is 0.310 e. The van der Waals surface area contributed by atoms with Crippen LogP contribution in [0.4, 0.5) is 0 Å². The molecule has 1 aromatic heterocycles. The Morgan fingerprint density at radius 1 is 0.931 bits per heavy atom. The van der Waals surface area contributed by atoms with Crippen LogP contribution in [0.25, 0.3) is 16.3 Å². The number of likely N-dealkylation sites (tertiary alicyclic amines) is 1. The summed E-state index contributed by atoms with van der Waals surface area (Å²) in [4.78, 5) is 16.6. The maximum Gasteiger partial charge on any atom is 0.310 e. The third-order valence-electron chi connectivity index (χ3n) is 6.51. The topological polar surface area (TPSA) is 53.0 Å². The molecule has 0 spiro atoms. The van der Waals surface area contributed by atoms with Gasteiger partial charge in [0.25, 0.3) is 0 Å². The lowest BCUT2D eigenvalue weighted by Crippen LogP contribution is -2.50. The average Bonchev–Trinajstić information content (AvgIpc) is 2.89. The molecule has 1 amide bonds. The summed E-state index contributed by atoms with van der Waals surface area (Å²) in [5.74, 6) is -0.292. The molecular formula is C25H24N2O2. The molecule has 2 aromatic carbocycles. The van der Waals surface area contributed by atoms with Crippen molar-refractivity contribution in [2.75, 3.05) is 13.1 Å². The van der Waals surface area contributed by atoms with Crippen LogP contribution in [0.1, 0.15) is 42.1 Å². The van der Waals surface area contributed by atoms with Gasteiger partial charge in [-0.3, -0.25) is 9.63 Å². The van der Waals surface area contributed by atoms with Crippen molar-refractivity contribution in [1.82, 2.24) is 4.98 Å². The van der Waals surface area contributed by atoms with E-state index < -0.39 is 4.65 Å². The van der Waals surface area contributed by atoms with Gasteiger partial charge in [-0.25, -0.2) is 4.79 Å². The van der Waals surface area contributed by atoms with E-state index in [1.54, 1.807) is 0 Å². The molecule has 29 heavy (non-hydrogen) atoms. The molecular weight excluding hydrogens is 360 g/mol. The third kappa shape index (κ3) is 3.09. The van der Waals surface area contributed by atoms with Gasteiger partial charge in [-0.2, -0.15) is 0 Å². The number of carbonyl (C=O) groups is 1. The lowest BCUT2D eigenvalue weighted by molar-refractivity contribution is -0.806. The number of quaternary nitrogens is 1. The molecule has 2 heterocycles. The van der Waals surface area contributed by atoms with E-state index in [4.69, 9.17) is 4.98 Å². The van der Waals surface area contributed by atoms with Gasteiger partial charge in [-0.15, -0.1) is 0 Å². The van der Waals surface area contributed by atoms with Gasteiger partial charge in [-0.1, -0.05) is 36.4 Å². The number of nitrogens with zero attached hydrogens (tertiary/aromatic N) is 2. The van der Waals surface area contributed by atoms with E-state index in [2.05, 4.69) is 42.5 Å². The lowest BCUT2D eigenvalue weighted by Gasteiger charge is -2.43. The number of amides is 1. The largest absolute Gasteiger partial charge is 0.625 e. The van der Waals surface area contributed by atoms with Crippen molar-refractivity contribution in [3.8, 4) is 0 Å². The van der Waals surface area contributed by atoms with Crippen molar-refractivity contribution in [2.45, 2.75) is 32.6 Å². The first-order valence-corrected chi connectivity index (χ1v) is 10.3. The van der Waals surface area contributed by atoms with Crippen LogP contribution in [-0.4, -0.2) is 28.6 Å². The zero-order valence-corrected chi connectivity index (χ0v) is 16.6. The zero-order valence-electron chi connectivity index (χ0n) is 16.6. The number of fused-ring (bicyclic) bond motifs is 3. The van der Waals surface area contributed by atoms with Crippen molar-refractivity contribution in [2.24, 2.45) is 0 Å². The first-order valence-electron chi connectivity index (χ1n) is 10.3. The summed E-state index contributed by atoms with van der Waals surface area (Å²) in [5.41, 5.74) is 7.33. The summed E-state index contributed by atoms with van der Waals surface area (Å²) in [6.07, 6.45) is 5.07. The molecule has 0 radical (unpaired) electrons. The Labute approximate surface area is 170 Å². The number of aromatic nitrogens is 1. The predicted molar refractivity (Wildman–Crippen MR) is 115 cm³/mol. The minimum Gasteiger partial charge on any atom is -0.625 e. The molecule has 2 aliphatic rings. The molecule has 4 heteroatoms. The first-order chi connectivity index (χ1) is 14.0. The molecule has 0 N–H and O–H groups in total. The van der Waals surface area contributed by atoms with Crippen LogP contribution in [0, 0.1) is 5.21 Å². The van der Waals surface area contributed by atoms with Gasteiger partial charge in [-0.05, 0) is 58.0 Å². The fourth-order valence-electron chi connectivity index (χ4n) is 4.78. The molecule has 0 unspecified atom stereocenters. The molecule has 146 valence electrons. The van der Waals surface area contributed by atoms with Crippen molar-refractivity contribution in [3.05, 3.63) is 87.9 Å². The van der Waals surface area contributed by atoms with Gasteiger partial charge in [0.15, 0.2) is 0 Å². The lowest BCUT2D eigenvalue weighted by atomic mass is 9.87. The number of hydroxylamine groups is 3. The first kappa shape index (κ1) is 18.2. The Morgan fingerprint density at radius 2 is 1.62 bits per heavy atom. The summed E-state index contributed by atoms with van der Waals surface area (Å²) in [6, 6.07) is 17.2.